The topological polar surface area (TPSA) is 89.3 Å². The van der Waals surface area contributed by atoms with E-state index in [0.717, 1.165) is 11.3 Å². The van der Waals surface area contributed by atoms with Crippen molar-refractivity contribution >= 4 is 56.2 Å². The van der Waals surface area contributed by atoms with Crippen LogP contribution in [0.15, 0.2) is 28.5 Å². The highest BCUT2D eigenvalue weighted by Gasteiger charge is 2.22. The number of aryl methyl sites for hydroxylation is 1. The molecule has 21 heavy (non-hydrogen) atoms. The van der Waals surface area contributed by atoms with Crippen LogP contribution in [0.4, 0.5) is 5.69 Å². The van der Waals surface area contributed by atoms with Gasteiger partial charge >= 0.3 is 0 Å². The van der Waals surface area contributed by atoms with Crippen molar-refractivity contribution in [2.75, 3.05) is 4.72 Å². The monoisotopic (exact) mass is 364 g/mol. The van der Waals surface area contributed by atoms with Crippen LogP contribution in [-0.2, 0) is 10.0 Å². The summed E-state index contributed by atoms with van der Waals surface area (Å²) in [5.74, 6) is -0.707. The molecule has 5 nitrogen and oxygen atoms in total. The van der Waals surface area contributed by atoms with E-state index in [1.54, 1.807) is 12.3 Å². The average molecular weight is 365 g/mol. The molecule has 0 aliphatic heterocycles. The normalized spacial score (nSPS) is 11.4. The van der Waals surface area contributed by atoms with E-state index in [4.69, 9.17) is 28.9 Å². The largest absolute Gasteiger partial charge is 0.365 e. The average Bonchev–Trinajstić information content (AvgIpc) is 2.81. The SMILES string of the molecule is Cc1cc(S(=O)(=O)Nc2ccsc2C(N)=O)c(Cl)cc1Cl. The van der Waals surface area contributed by atoms with Gasteiger partial charge in [-0.3, -0.25) is 9.52 Å². The number of halogens is 2. The first kappa shape index (κ1) is 16.1. The molecule has 0 spiro atoms. The van der Waals surface area contributed by atoms with Gasteiger partial charge in [0.15, 0.2) is 0 Å². The molecule has 0 aliphatic carbocycles. The predicted octanol–water partition coefficient (Wildman–Crippen LogP) is 3.26. The number of anilines is 1. The van der Waals surface area contributed by atoms with Crippen LogP contribution in [0.2, 0.25) is 10.0 Å². The molecule has 0 fully saturated rings. The summed E-state index contributed by atoms with van der Waals surface area (Å²) >= 11 is 12.9. The van der Waals surface area contributed by atoms with Crippen LogP contribution >= 0.6 is 34.5 Å². The zero-order chi connectivity index (χ0) is 15.8. The number of hydrogen-bond donors (Lipinski definition) is 2. The summed E-state index contributed by atoms with van der Waals surface area (Å²) in [6.45, 7) is 1.66. The van der Waals surface area contributed by atoms with Crippen molar-refractivity contribution in [3.8, 4) is 0 Å². The molecule has 0 bridgehead atoms. The molecule has 0 saturated carbocycles. The first-order valence-electron chi connectivity index (χ1n) is 5.58. The number of carbonyl (C=O) groups excluding carboxylic acids is 1. The summed E-state index contributed by atoms with van der Waals surface area (Å²) in [6.07, 6.45) is 0. The Kier molecular flexibility index (Phi) is 4.48. The Morgan fingerprint density at radius 2 is 1.95 bits per heavy atom. The Balaban J connectivity index is 2.46. The Hall–Kier alpha value is -1.28. The first-order valence-corrected chi connectivity index (χ1v) is 8.70. The Morgan fingerprint density at radius 3 is 2.57 bits per heavy atom. The number of rotatable bonds is 4. The number of nitrogens with two attached hydrogens (primary N) is 1. The minimum absolute atomic E-state index is 0.00560. The van der Waals surface area contributed by atoms with E-state index in [-0.39, 0.29) is 20.5 Å². The van der Waals surface area contributed by atoms with E-state index in [1.807, 2.05) is 0 Å². The van der Waals surface area contributed by atoms with Crippen LogP contribution in [-0.4, -0.2) is 14.3 Å². The van der Waals surface area contributed by atoms with Gasteiger partial charge in [0.2, 0.25) is 0 Å². The van der Waals surface area contributed by atoms with Crippen molar-refractivity contribution in [3.63, 3.8) is 0 Å². The van der Waals surface area contributed by atoms with Crippen molar-refractivity contribution in [1.82, 2.24) is 0 Å². The van der Waals surface area contributed by atoms with E-state index < -0.39 is 15.9 Å². The smallest absolute Gasteiger partial charge is 0.263 e. The summed E-state index contributed by atoms with van der Waals surface area (Å²) in [6, 6.07) is 4.18. The van der Waals surface area contributed by atoms with Gasteiger partial charge in [-0.25, -0.2) is 8.42 Å². The number of hydrogen-bond acceptors (Lipinski definition) is 4. The zero-order valence-electron chi connectivity index (χ0n) is 10.7. The summed E-state index contributed by atoms with van der Waals surface area (Å²) in [7, 11) is -3.95. The van der Waals surface area contributed by atoms with Gasteiger partial charge in [0.1, 0.15) is 9.77 Å². The molecule has 2 aromatic rings. The third-order valence-corrected chi connectivity index (χ3v) is 5.80. The maximum absolute atomic E-state index is 12.4. The van der Waals surface area contributed by atoms with Gasteiger partial charge in [0.25, 0.3) is 15.9 Å². The molecule has 0 saturated heterocycles. The number of carbonyl (C=O) groups is 1. The molecule has 9 heteroatoms. The van der Waals surface area contributed by atoms with Crippen LogP contribution in [0.5, 0.6) is 0 Å². The molecule has 1 aromatic carbocycles. The molecular formula is C12H10Cl2N2O3S2. The lowest BCUT2D eigenvalue weighted by molar-refractivity contribution is 0.100. The second-order valence-electron chi connectivity index (χ2n) is 4.16. The third kappa shape index (κ3) is 3.32. The summed E-state index contributed by atoms with van der Waals surface area (Å²) in [5.41, 5.74) is 5.88. The Labute approximate surface area is 135 Å². The lowest BCUT2D eigenvalue weighted by Crippen LogP contribution is -2.17. The van der Waals surface area contributed by atoms with Gasteiger partial charge in [-0.2, -0.15) is 0 Å². The maximum Gasteiger partial charge on any atom is 0.263 e. The highest BCUT2D eigenvalue weighted by atomic mass is 35.5. The van der Waals surface area contributed by atoms with Crippen LogP contribution in [0, 0.1) is 6.92 Å². The minimum Gasteiger partial charge on any atom is -0.365 e. The van der Waals surface area contributed by atoms with Crippen LogP contribution in [0.3, 0.4) is 0 Å². The van der Waals surface area contributed by atoms with E-state index in [9.17, 15) is 13.2 Å². The molecule has 2 rings (SSSR count). The van der Waals surface area contributed by atoms with E-state index in [1.165, 1.54) is 18.2 Å². The van der Waals surface area contributed by atoms with E-state index in [2.05, 4.69) is 4.72 Å². The summed E-state index contributed by atoms with van der Waals surface area (Å²) in [5, 5.41) is 1.92. The van der Waals surface area contributed by atoms with Crippen molar-refractivity contribution in [2.24, 2.45) is 5.73 Å². The number of benzene rings is 1. The summed E-state index contributed by atoms with van der Waals surface area (Å²) in [4.78, 5) is 11.2. The number of sulfonamides is 1. The lowest BCUT2D eigenvalue weighted by Gasteiger charge is -2.11. The van der Waals surface area contributed by atoms with Gasteiger partial charge in [-0.15, -0.1) is 11.3 Å². The molecule has 1 heterocycles. The standard InChI is InChI=1S/C12H10Cl2N2O3S2/c1-6-4-10(8(14)5-7(6)13)21(18,19)16-9-2-3-20-11(9)12(15)17/h2-5,16H,1H3,(H2,15,17). The summed E-state index contributed by atoms with van der Waals surface area (Å²) < 4.78 is 27.1. The maximum atomic E-state index is 12.4. The van der Waals surface area contributed by atoms with Gasteiger partial charge < -0.3 is 5.73 Å². The molecule has 112 valence electrons. The molecule has 1 aromatic heterocycles. The lowest BCUT2D eigenvalue weighted by atomic mass is 10.2. The quantitative estimate of drug-likeness (QED) is 0.872. The Bertz CT molecular complexity index is 816. The number of amides is 1. The predicted molar refractivity (Wildman–Crippen MR) is 84.8 cm³/mol. The van der Waals surface area contributed by atoms with Crippen molar-refractivity contribution in [1.29, 1.82) is 0 Å². The van der Waals surface area contributed by atoms with Gasteiger partial charge in [0.05, 0.1) is 10.7 Å². The zero-order valence-corrected chi connectivity index (χ0v) is 13.8. The van der Waals surface area contributed by atoms with E-state index in [0.29, 0.717) is 10.6 Å². The third-order valence-electron chi connectivity index (χ3n) is 2.64. The molecule has 0 atom stereocenters. The van der Waals surface area contributed by atoms with E-state index >= 15 is 0 Å². The van der Waals surface area contributed by atoms with Crippen molar-refractivity contribution < 1.29 is 13.2 Å². The van der Waals surface area contributed by atoms with Crippen LogP contribution in [0.1, 0.15) is 15.2 Å². The van der Waals surface area contributed by atoms with Crippen molar-refractivity contribution in [2.45, 2.75) is 11.8 Å². The minimum atomic E-state index is -3.95. The second kappa shape index (κ2) is 5.84. The van der Waals surface area contributed by atoms with Gasteiger partial charge in [0, 0.05) is 5.02 Å². The van der Waals surface area contributed by atoms with Gasteiger partial charge in [-0.05, 0) is 36.1 Å². The molecule has 0 unspecified atom stereocenters. The fraction of sp³-hybridized carbons (Fsp3) is 0.0833. The van der Waals surface area contributed by atoms with Crippen LogP contribution < -0.4 is 10.5 Å². The number of nitrogens with one attached hydrogen (secondary N) is 1. The van der Waals surface area contributed by atoms with Crippen molar-refractivity contribution in [3.05, 3.63) is 44.1 Å². The molecule has 3 N–H and O–H groups in total. The fourth-order valence-electron chi connectivity index (χ4n) is 1.62. The molecular weight excluding hydrogens is 355 g/mol. The highest BCUT2D eigenvalue weighted by Crippen LogP contribution is 2.31. The number of primary amides is 1. The van der Waals surface area contributed by atoms with Crippen LogP contribution in [0.25, 0.3) is 0 Å². The Morgan fingerprint density at radius 1 is 1.29 bits per heavy atom. The fourth-order valence-corrected chi connectivity index (χ4v) is 4.29. The molecule has 0 aliphatic rings. The molecule has 1 amide bonds. The highest BCUT2D eigenvalue weighted by molar-refractivity contribution is 7.92. The first-order chi connectivity index (χ1) is 9.72. The molecule has 0 radical (unpaired) electrons. The second-order valence-corrected chi connectivity index (χ2v) is 7.55. The number of thiophene rings is 1. The van der Waals surface area contributed by atoms with Gasteiger partial charge in [-0.1, -0.05) is 23.2 Å².